The minimum Gasteiger partial charge on any atom is -0.505 e. The first-order chi connectivity index (χ1) is 4.01. The van der Waals surface area contributed by atoms with E-state index in [0.29, 0.717) is 5.41 Å². The third-order valence-corrected chi connectivity index (χ3v) is 2.00. The van der Waals surface area contributed by atoms with E-state index >= 15 is 0 Å². The van der Waals surface area contributed by atoms with Crippen LogP contribution in [0, 0.1) is 0 Å². The fraction of sp³-hybridized carbons (Fsp3) is 0. The zero-order chi connectivity index (χ0) is 7.07. The minimum atomic E-state index is -3.34. The lowest BCUT2D eigenvalue weighted by Gasteiger charge is -1.85. The van der Waals surface area contributed by atoms with Crippen LogP contribution in [0.25, 0.3) is 0 Å². The van der Waals surface area contributed by atoms with Gasteiger partial charge in [0.15, 0.2) is 15.6 Å². The summed E-state index contributed by atoms with van der Waals surface area (Å²) in [5.41, 5.74) is 4.92. The maximum absolute atomic E-state index is 10.5. The Labute approximate surface area is 52.2 Å². The normalized spacial score (nSPS) is 23.1. The van der Waals surface area contributed by atoms with Crippen molar-refractivity contribution in [2.24, 2.45) is 5.73 Å². The van der Waals surface area contributed by atoms with Crippen LogP contribution in [-0.4, -0.2) is 13.5 Å². The van der Waals surface area contributed by atoms with Crippen molar-refractivity contribution in [3.8, 4) is 0 Å². The topological polar surface area (TPSA) is 80.4 Å². The molecule has 1 rings (SSSR count). The second-order valence-electron chi connectivity index (χ2n) is 1.67. The van der Waals surface area contributed by atoms with Gasteiger partial charge in [-0.2, -0.15) is 0 Å². The molecule has 4 nitrogen and oxygen atoms in total. The van der Waals surface area contributed by atoms with Crippen LogP contribution >= 0.6 is 0 Å². The molecule has 0 radical (unpaired) electrons. The number of hydrogen-bond donors (Lipinski definition) is 2. The van der Waals surface area contributed by atoms with E-state index in [-0.39, 0.29) is 11.5 Å². The monoisotopic (exact) mass is 147 g/mol. The molecule has 0 bridgehead atoms. The summed E-state index contributed by atoms with van der Waals surface area (Å²) >= 11 is 0. The van der Waals surface area contributed by atoms with E-state index < -0.39 is 9.84 Å². The Morgan fingerprint density at radius 1 is 1.44 bits per heavy atom. The van der Waals surface area contributed by atoms with E-state index in [1.165, 1.54) is 0 Å². The highest BCUT2D eigenvalue weighted by Crippen LogP contribution is 2.14. The number of hydrogen-bond acceptors (Lipinski definition) is 4. The Balaban J connectivity index is 3.27. The zero-order valence-electron chi connectivity index (χ0n) is 4.40. The average Bonchev–Trinajstić information content (AvgIpc) is 1.79. The van der Waals surface area contributed by atoms with Crippen LogP contribution in [0.15, 0.2) is 22.3 Å². The van der Waals surface area contributed by atoms with Gasteiger partial charge in [-0.25, -0.2) is 8.42 Å². The molecule has 9 heavy (non-hydrogen) atoms. The summed E-state index contributed by atoms with van der Waals surface area (Å²) in [5.74, 6) is -0.380. The van der Waals surface area contributed by atoms with Gasteiger partial charge < -0.3 is 10.8 Å². The van der Waals surface area contributed by atoms with Crippen LogP contribution in [0.1, 0.15) is 0 Å². The van der Waals surface area contributed by atoms with E-state index in [4.69, 9.17) is 10.8 Å². The smallest absolute Gasteiger partial charge is 0.198 e. The molecule has 0 unspecified atom stereocenters. The van der Waals surface area contributed by atoms with E-state index in [2.05, 4.69) is 0 Å². The fourth-order valence-electron chi connectivity index (χ4n) is 0.495. The van der Waals surface area contributed by atoms with Gasteiger partial charge in [0.05, 0.1) is 16.5 Å². The van der Waals surface area contributed by atoms with Crippen LogP contribution < -0.4 is 5.73 Å². The molecule has 1 aliphatic heterocycles. The predicted octanol–water partition coefficient (Wildman–Crippen LogP) is -0.386. The molecular formula is C4H5NO3S. The van der Waals surface area contributed by atoms with Crippen LogP contribution in [0.2, 0.25) is 0 Å². The first-order valence-corrected chi connectivity index (χ1v) is 3.75. The average molecular weight is 147 g/mol. The van der Waals surface area contributed by atoms with Crippen LogP contribution in [0.5, 0.6) is 0 Å². The summed E-state index contributed by atoms with van der Waals surface area (Å²) in [5, 5.41) is 10.1. The molecule has 1 heterocycles. The molecule has 0 aromatic carbocycles. The van der Waals surface area contributed by atoms with Gasteiger partial charge >= 0.3 is 0 Å². The Morgan fingerprint density at radius 3 is 2.11 bits per heavy atom. The number of rotatable bonds is 0. The predicted molar refractivity (Wildman–Crippen MR) is 31.9 cm³/mol. The first kappa shape index (κ1) is 6.15. The lowest BCUT2D eigenvalue weighted by atomic mass is 10.5. The SMILES string of the molecule is NC1=CS(=O)(=O)C=C1O. The molecule has 3 N–H and O–H groups in total. The summed E-state index contributed by atoms with van der Waals surface area (Å²) < 4.78 is 20.9. The third kappa shape index (κ3) is 1.05. The van der Waals surface area contributed by atoms with E-state index in [1.54, 1.807) is 0 Å². The lowest BCUT2D eigenvalue weighted by Crippen LogP contribution is -1.95. The maximum atomic E-state index is 10.5. The van der Waals surface area contributed by atoms with Gasteiger partial charge in [-0.3, -0.25) is 0 Å². The van der Waals surface area contributed by atoms with E-state index in [9.17, 15) is 8.42 Å². The molecule has 0 atom stereocenters. The molecule has 0 aliphatic carbocycles. The second kappa shape index (κ2) is 1.51. The number of sulfone groups is 1. The molecule has 0 amide bonds. The minimum absolute atomic E-state index is 0.102. The van der Waals surface area contributed by atoms with Crippen molar-refractivity contribution in [3.63, 3.8) is 0 Å². The van der Waals surface area contributed by atoms with Crippen molar-refractivity contribution in [2.75, 3.05) is 0 Å². The molecule has 0 saturated heterocycles. The molecular weight excluding hydrogens is 142 g/mol. The fourth-order valence-corrected chi connectivity index (χ4v) is 1.49. The number of aliphatic hydroxyl groups excluding tert-OH is 1. The van der Waals surface area contributed by atoms with E-state index in [0.717, 1.165) is 5.41 Å². The van der Waals surface area contributed by atoms with Gasteiger partial charge in [-0.15, -0.1) is 0 Å². The maximum Gasteiger partial charge on any atom is 0.198 e. The van der Waals surface area contributed by atoms with Crippen molar-refractivity contribution in [2.45, 2.75) is 0 Å². The molecule has 0 spiro atoms. The van der Waals surface area contributed by atoms with Gasteiger partial charge in [-0.05, 0) is 0 Å². The first-order valence-electron chi connectivity index (χ1n) is 2.14. The third-order valence-electron chi connectivity index (χ3n) is 0.863. The number of nitrogens with two attached hydrogens (primary N) is 1. The highest BCUT2D eigenvalue weighted by atomic mass is 32.2. The van der Waals surface area contributed by atoms with Crippen molar-refractivity contribution in [3.05, 3.63) is 22.3 Å². The van der Waals surface area contributed by atoms with Crippen LogP contribution in [-0.2, 0) is 9.84 Å². The van der Waals surface area contributed by atoms with Crippen molar-refractivity contribution in [1.29, 1.82) is 0 Å². The van der Waals surface area contributed by atoms with E-state index in [1.807, 2.05) is 0 Å². The molecule has 0 saturated carbocycles. The summed E-state index contributed by atoms with van der Waals surface area (Å²) in [7, 11) is -3.34. The standard InChI is InChI=1S/C4H5NO3S/c5-3-1-9(7,8)2-4(3)6/h1-2,6H,5H2. The summed E-state index contributed by atoms with van der Waals surface area (Å²) in [6.45, 7) is 0. The highest BCUT2D eigenvalue weighted by molar-refractivity contribution is 7.97. The molecule has 50 valence electrons. The number of aliphatic hydroxyl groups is 1. The Kier molecular flexibility index (Phi) is 1.03. The van der Waals surface area contributed by atoms with Gasteiger partial charge in [0.2, 0.25) is 0 Å². The summed E-state index contributed by atoms with van der Waals surface area (Å²) in [4.78, 5) is 0. The zero-order valence-corrected chi connectivity index (χ0v) is 5.22. The van der Waals surface area contributed by atoms with Crippen molar-refractivity contribution in [1.82, 2.24) is 0 Å². The van der Waals surface area contributed by atoms with Crippen LogP contribution in [0.4, 0.5) is 0 Å². The van der Waals surface area contributed by atoms with Gasteiger partial charge in [0.25, 0.3) is 0 Å². The lowest BCUT2D eigenvalue weighted by molar-refractivity contribution is 0.425. The van der Waals surface area contributed by atoms with Crippen LogP contribution in [0.3, 0.4) is 0 Å². The quantitative estimate of drug-likeness (QED) is 0.489. The summed E-state index contributed by atoms with van der Waals surface area (Å²) in [6, 6.07) is 0. The van der Waals surface area contributed by atoms with Crippen molar-refractivity contribution < 1.29 is 13.5 Å². The summed E-state index contributed by atoms with van der Waals surface area (Å²) in [6.07, 6.45) is 0. The molecule has 1 aliphatic rings. The Bertz CT molecular complexity index is 261. The second-order valence-corrected chi connectivity index (χ2v) is 3.31. The van der Waals surface area contributed by atoms with Gasteiger partial charge in [-0.1, -0.05) is 0 Å². The van der Waals surface area contributed by atoms with Gasteiger partial charge in [0, 0.05) is 0 Å². The largest absolute Gasteiger partial charge is 0.505 e. The Hall–Kier alpha value is -0.970. The molecule has 0 fully saturated rings. The van der Waals surface area contributed by atoms with Gasteiger partial charge in [0.1, 0.15) is 0 Å². The molecule has 0 aromatic heterocycles. The molecule has 5 heteroatoms. The van der Waals surface area contributed by atoms with Crippen molar-refractivity contribution >= 4 is 9.84 Å². The Morgan fingerprint density at radius 2 is 2.00 bits per heavy atom. The highest BCUT2D eigenvalue weighted by Gasteiger charge is 2.15. The molecule has 0 aromatic rings.